The molecule has 3 heterocycles. The number of aromatic nitrogens is 2. The Hall–Kier alpha value is -1.74. The van der Waals surface area contributed by atoms with Gasteiger partial charge < -0.3 is 11.1 Å². The number of anilines is 1. The van der Waals surface area contributed by atoms with Crippen LogP contribution in [-0.2, 0) is 9.84 Å². The van der Waals surface area contributed by atoms with E-state index in [2.05, 4.69) is 15.5 Å². The summed E-state index contributed by atoms with van der Waals surface area (Å²) in [7, 11) is -3.02. The van der Waals surface area contributed by atoms with E-state index in [4.69, 9.17) is 5.73 Å². The van der Waals surface area contributed by atoms with Crippen LogP contribution in [0.25, 0.3) is 10.2 Å². The molecule has 2 aromatic heterocycles. The van der Waals surface area contributed by atoms with Crippen molar-refractivity contribution in [1.29, 1.82) is 0 Å². The molecule has 1 saturated heterocycles. The molecule has 0 radical (unpaired) electrons. The van der Waals surface area contributed by atoms with Gasteiger partial charge in [0.1, 0.15) is 9.71 Å². The Kier molecular flexibility index (Phi) is 3.09. The molecule has 3 N–H and O–H groups in total. The van der Waals surface area contributed by atoms with Gasteiger partial charge in [-0.05, 0) is 12.5 Å². The minimum absolute atomic E-state index is 0.0106. The second kappa shape index (κ2) is 4.67. The molecule has 2 aromatic rings. The van der Waals surface area contributed by atoms with Gasteiger partial charge in [-0.1, -0.05) is 0 Å². The van der Waals surface area contributed by atoms with Crippen LogP contribution in [0.4, 0.5) is 5.69 Å². The highest BCUT2D eigenvalue weighted by Crippen LogP contribution is 2.31. The molecular weight excluding hydrogens is 300 g/mol. The topological polar surface area (TPSA) is 115 Å². The second-order valence-corrected chi connectivity index (χ2v) is 7.90. The molecule has 1 aliphatic heterocycles. The maximum Gasteiger partial charge on any atom is 0.263 e. The molecule has 0 saturated carbocycles. The lowest BCUT2D eigenvalue weighted by Crippen LogP contribution is -2.35. The number of nitrogens with zero attached hydrogens (tertiary/aromatic N) is 2. The molecule has 1 aliphatic rings. The first-order chi connectivity index (χ1) is 9.46. The number of nitrogens with two attached hydrogens (primary N) is 1. The predicted octanol–water partition coefficient (Wildman–Crippen LogP) is 0.190. The highest BCUT2D eigenvalue weighted by atomic mass is 32.2. The molecule has 106 valence electrons. The zero-order valence-corrected chi connectivity index (χ0v) is 12.0. The van der Waals surface area contributed by atoms with Gasteiger partial charge in [0.2, 0.25) is 0 Å². The molecule has 0 bridgehead atoms. The van der Waals surface area contributed by atoms with E-state index in [0.717, 1.165) is 11.3 Å². The summed E-state index contributed by atoms with van der Waals surface area (Å²) in [5, 5.41) is 11.1. The van der Waals surface area contributed by atoms with E-state index in [9.17, 15) is 13.2 Å². The van der Waals surface area contributed by atoms with Crippen LogP contribution < -0.4 is 11.1 Å². The van der Waals surface area contributed by atoms with Gasteiger partial charge in [-0.3, -0.25) is 4.79 Å². The van der Waals surface area contributed by atoms with Gasteiger partial charge >= 0.3 is 0 Å². The average molecular weight is 312 g/mol. The molecule has 9 heteroatoms. The van der Waals surface area contributed by atoms with Crippen LogP contribution in [-0.4, -0.2) is 42.1 Å². The number of rotatable bonds is 2. The SMILES string of the molecule is Nc1c(C(=O)NC2CCS(=O)(=O)C2)sc2nnccc12. The zero-order valence-electron chi connectivity index (χ0n) is 10.4. The maximum atomic E-state index is 12.2. The van der Waals surface area contributed by atoms with Gasteiger partial charge in [0, 0.05) is 11.4 Å². The van der Waals surface area contributed by atoms with Crippen LogP contribution in [0, 0.1) is 0 Å². The number of nitrogen functional groups attached to an aromatic ring is 1. The number of carbonyl (C=O) groups excluding carboxylic acids is 1. The van der Waals surface area contributed by atoms with Crippen LogP contribution in [0.15, 0.2) is 12.3 Å². The fourth-order valence-corrected chi connectivity index (χ4v) is 4.82. The van der Waals surface area contributed by atoms with E-state index in [1.807, 2.05) is 0 Å². The minimum Gasteiger partial charge on any atom is -0.397 e. The van der Waals surface area contributed by atoms with E-state index in [1.54, 1.807) is 6.07 Å². The summed E-state index contributed by atoms with van der Waals surface area (Å²) in [6.45, 7) is 0. The van der Waals surface area contributed by atoms with E-state index in [1.165, 1.54) is 6.20 Å². The third-order valence-corrected chi connectivity index (χ3v) is 6.07. The quantitative estimate of drug-likeness (QED) is 0.818. The Morgan fingerprint density at radius 3 is 2.95 bits per heavy atom. The smallest absolute Gasteiger partial charge is 0.263 e. The molecule has 0 aliphatic carbocycles. The number of thiophene rings is 1. The highest BCUT2D eigenvalue weighted by molar-refractivity contribution is 7.91. The van der Waals surface area contributed by atoms with Gasteiger partial charge in [0.25, 0.3) is 5.91 Å². The van der Waals surface area contributed by atoms with Gasteiger partial charge in [-0.25, -0.2) is 8.42 Å². The summed E-state index contributed by atoms with van der Waals surface area (Å²) in [6, 6.07) is 1.36. The van der Waals surface area contributed by atoms with Crippen molar-refractivity contribution < 1.29 is 13.2 Å². The van der Waals surface area contributed by atoms with Crippen molar-refractivity contribution in [2.45, 2.75) is 12.5 Å². The molecule has 1 fully saturated rings. The van der Waals surface area contributed by atoms with Crippen LogP contribution in [0.3, 0.4) is 0 Å². The monoisotopic (exact) mass is 312 g/mol. The number of fused-ring (bicyclic) bond motifs is 1. The first kappa shape index (κ1) is 13.3. The van der Waals surface area contributed by atoms with Gasteiger partial charge in [-0.2, -0.15) is 5.10 Å². The lowest BCUT2D eigenvalue weighted by atomic mass is 10.2. The van der Waals surface area contributed by atoms with Crippen molar-refractivity contribution in [3.05, 3.63) is 17.1 Å². The number of carbonyl (C=O) groups is 1. The molecule has 1 unspecified atom stereocenters. The van der Waals surface area contributed by atoms with Gasteiger partial charge in [0.05, 0.1) is 23.4 Å². The van der Waals surface area contributed by atoms with Crippen molar-refractivity contribution in [2.75, 3.05) is 17.2 Å². The Labute approximate surface area is 119 Å². The summed E-state index contributed by atoms with van der Waals surface area (Å²) < 4.78 is 22.8. The highest BCUT2D eigenvalue weighted by Gasteiger charge is 2.30. The number of sulfone groups is 1. The number of hydrogen-bond donors (Lipinski definition) is 2. The predicted molar refractivity (Wildman–Crippen MR) is 76.4 cm³/mol. The lowest BCUT2D eigenvalue weighted by Gasteiger charge is -2.09. The van der Waals surface area contributed by atoms with Crippen LogP contribution in [0.2, 0.25) is 0 Å². The lowest BCUT2D eigenvalue weighted by molar-refractivity contribution is 0.0946. The molecule has 0 aromatic carbocycles. The Morgan fingerprint density at radius 1 is 1.50 bits per heavy atom. The Morgan fingerprint density at radius 2 is 2.30 bits per heavy atom. The normalized spacial score (nSPS) is 21.1. The third-order valence-electron chi connectivity index (χ3n) is 3.19. The summed E-state index contributed by atoms with van der Waals surface area (Å²) in [6.07, 6.45) is 1.95. The first-order valence-electron chi connectivity index (χ1n) is 5.97. The Balaban J connectivity index is 1.84. The molecule has 3 rings (SSSR count). The fourth-order valence-electron chi connectivity index (χ4n) is 2.20. The van der Waals surface area contributed by atoms with Crippen LogP contribution >= 0.6 is 11.3 Å². The Bertz CT molecular complexity index is 784. The van der Waals surface area contributed by atoms with Crippen molar-refractivity contribution in [3.8, 4) is 0 Å². The molecule has 1 atom stereocenters. The van der Waals surface area contributed by atoms with E-state index in [-0.39, 0.29) is 23.5 Å². The number of hydrogen-bond acceptors (Lipinski definition) is 7. The summed E-state index contributed by atoms with van der Waals surface area (Å²) in [4.78, 5) is 13.1. The molecule has 0 spiro atoms. The standard InChI is InChI=1S/C11H12N4O3S2/c12-8-7-1-3-13-15-11(7)19-9(8)10(16)14-6-2-4-20(17,18)5-6/h1,3,6H,2,4-5,12H2,(H,14,16). The zero-order chi connectivity index (χ0) is 14.3. The molecule has 20 heavy (non-hydrogen) atoms. The van der Waals surface area contributed by atoms with Crippen molar-refractivity contribution >= 4 is 43.0 Å². The second-order valence-electron chi connectivity index (χ2n) is 4.67. The average Bonchev–Trinajstić information content (AvgIpc) is 2.91. The van der Waals surface area contributed by atoms with E-state index >= 15 is 0 Å². The molecule has 1 amide bonds. The van der Waals surface area contributed by atoms with Gasteiger partial charge in [0.15, 0.2) is 9.84 Å². The van der Waals surface area contributed by atoms with Crippen LogP contribution in [0.1, 0.15) is 16.1 Å². The molecular formula is C11H12N4O3S2. The number of nitrogens with one attached hydrogen (secondary N) is 1. The fraction of sp³-hybridized carbons (Fsp3) is 0.364. The van der Waals surface area contributed by atoms with Crippen molar-refractivity contribution in [3.63, 3.8) is 0 Å². The summed E-state index contributed by atoms with van der Waals surface area (Å²) >= 11 is 1.16. The maximum absolute atomic E-state index is 12.2. The minimum atomic E-state index is -3.02. The van der Waals surface area contributed by atoms with Crippen LogP contribution in [0.5, 0.6) is 0 Å². The van der Waals surface area contributed by atoms with Crippen molar-refractivity contribution in [1.82, 2.24) is 15.5 Å². The van der Waals surface area contributed by atoms with Gasteiger partial charge in [-0.15, -0.1) is 16.4 Å². The molecule has 7 nitrogen and oxygen atoms in total. The van der Waals surface area contributed by atoms with Crippen molar-refractivity contribution in [2.24, 2.45) is 0 Å². The third kappa shape index (κ3) is 2.34. The summed E-state index contributed by atoms with van der Waals surface area (Å²) in [5.41, 5.74) is 6.29. The first-order valence-corrected chi connectivity index (χ1v) is 8.61. The van der Waals surface area contributed by atoms with E-state index in [0.29, 0.717) is 27.2 Å². The summed E-state index contributed by atoms with van der Waals surface area (Å²) in [5.74, 6) is -0.248. The number of amides is 1. The van der Waals surface area contributed by atoms with E-state index < -0.39 is 9.84 Å². The largest absolute Gasteiger partial charge is 0.397 e.